The highest BCUT2D eigenvalue weighted by Crippen LogP contribution is 2.47. The van der Waals surface area contributed by atoms with Gasteiger partial charge >= 0.3 is 0 Å². The molecule has 0 bridgehead atoms. The van der Waals surface area contributed by atoms with Gasteiger partial charge in [-0.25, -0.2) is 0 Å². The van der Waals surface area contributed by atoms with Gasteiger partial charge in [0.15, 0.2) is 0 Å². The molecule has 1 aliphatic rings. The third kappa shape index (κ3) is 3.15. The van der Waals surface area contributed by atoms with Crippen molar-refractivity contribution < 1.29 is 4.42 Å². The molecule has 0 radical (unpaired) electrons. The molecule has 1 N–H and O–H groups in total. The standard InChI is InChI=1S/C17H20BrNO/c1-11-8-16(11)17-7-6-15(20-17)10-19-12(2)13-4-3-5-14(18)9-13/h3-7,9,11-12,16,19H,8,10H2,1-2H3. The average molecular weight is 334 g/mol. The second-order valence-electron chi connectivity index (χ2n) is 5.78. The number of benzene rings is 1. The van der Waals surface area contributed by atoms with E-state index >= 15 is 0 Å². The van der Waals surface area contributed by atoms with Gasteiger partial charge in [0.05, 0.1) is 6.54 Å². The van der Waals surface area contributed by atoms with E-state index in [9.17, 15) is 0 Å². The smallest absolute Gasteiger partial charge is 0.117 e. The maximum Gasteiger partial charge on any atom is 0.117 e. The monoisotopic (exact) mass is 333 g/mol. The number of hydrogen-bond donors (Lipinski definition) is 1. The van der Waals surface area contributed by atoms with Gasteiger partial charge in [-0.1, -0.05) is 35.0 Å². The summed E-state index contributed by atoms with van der Waals surface area (Å²) in [4.78, 5) is 0. The van der Waals surface area contributed by atoms with Crippen LogP contribution < -0.4 is 5.32 Å². The van der Waals surface area contributed by atoms with E-state index < -0.39 is 0 Å². The van der Waals surface area contributed by atoms with Crippen molar-refractivity contribution in [1.82, 2.24) is 5.32 Å². The molecular formula is C17H20BrNO. The fourth-order valence-electron chi connectivity index (χ4n) is 2.55. The molecule has 3 heteroatoms. The lowest BCUT2D eigenvalue weighted by molar-refractivity contribution is 0.430. The summed E-state index contributed by atoms with van der Waals surface area (Å²) in [7, 11) is 0. The van der Waals surface area contributed by atoms with Crippen LogP contribution in [0.25, 0.3) is 0 Å². The molecule has 1 aliphatic carbocycles. The molecule has 1 heterocycles. The largest absolute Gasteiger partial charge is 0.464 e. The molecule has 1 fully saturated rings. The lowest BCUT2D eigenvalue weighted by Gasteiger charge is -2.13. The summed E-state index contributed by atoms with van der Waals surface area (Å²) in [6.45, 7) is 5.23. The zero-order chi connectivity index (χ0) is 14.1. The minimum atomic E-state index is 0.306. The molecule has 0 amide bonds. The molecule has 3 atom stereocenters. The number of nitrogens with one attached hydrogen (secondary N) is 1. The van der Waals surface area contributed by atoms with E-state index in [1.165, 1.54) is 12.0 Å². The first-order valence-electron chi connectivity index (χ1n) is 7.21. The van der Waals surface area contributed by atoms with Crippen LogP contribution in [0.2, 0.25) is 0 Å². The Hall–Kier alpha value is -1.06. The first-order valence-corrected chi connectivity index (χ1v) is 8.00. The first-order chi connectivity index (χ1) is 9.63. The third-order valence-corrected chi connectivity index (χ3v) is 4.58. The van der Waals surface area contributed by atoms with Crippen molar-refractivity contribution in [3.63, 3.8) is 0 Å². The summed E-state index contributed by atoms with van der Waals surface area (Å²) in [6, 6.07) is 12.9. The van der Waals surface area contributed by atoms with Gasteiger partial charge in [0, 0.05) is 16.4 Å². The molecule has 0 spiro atoms. The van der Waals surface area contributed by atoms with Crippen molar-refractivity contribution in [1.29, 1.82) is 0 Å². The number of hydrogen-bond acceptors (Lipinski definition) is 2. The summed E-state index contributed by atoms with van der Waals surface area (Å²) in [5.41, 5.74) is 1.28. The van der Waals surface area contributed by atoms with Gasteiger partial charge in [-0.05, 0) is 49.1 Å². The quantitative estimate of drug-likeness (QED) is 0.831. The highest BCUT2D eigenvalue weighted by Gasteiger charge is 2.36. The zero-order valence-corrected chi connectivity index (χ0v) is 13.5. The Morgan fingerprint density at radius 2 is 2.15 bits per heavy atom. The average Bonchev–Trinajstić information content (AvgIpc) is 2.99. The van der Waals surface area contributed by atoms with Crippen LogP contribution in [0, 0.1) is 5.92 Å². The van der Waals surface area contributed by atoms with Gasteiger partial charge in [-0.15, -0.1) is 0 Å². The summed E-state index contributed by atoms with van der Waals surface area (Å²) < 4.78 is 7.03. The lowest BCUT2D eigenvalue weighted by Crippen LogP contribution is -2.17. The molecule has 0 saturated heterocycles. The summed E-state index contributed by atoms with van der Waals surface area (Å²) in [5.74, 6) is 3.64. The van der Waals surface area contributed by atoms with Crippen LogP contribution in [-0.2, 0) is 6.54 Å². The van der Waals surface area contributed by atoms with Crippen LogP contribution in [0.15, 0.2) is 45.3 Å². The second-order valence-corrected chi connectivity index (χ2v) is 6.70. The molecular weight excluding hydrogens is 314 g/mol. The van der Waals surface area contributed by atoms with Crippen LogP contribution in [0.3, 0.4) is 0 Å². The minimum Gasteiger partial charge on any atom is -0.464 e. The predicted octanol–water partition coefficient (Wildman–Crippen LogP) is 5.02. The lowest BCUT2D eigenvalue weighted by atomic mass is 10.1. The van der Waals surface area contributed by atoms with Crippen molar-refractivity contribution in [2.45, 2.75) is 38.8 Å². The molecule has 0 aliphatic heterocycles. The molecule has 1 aromatic heterocycles. The topological polar surface area (TPSA) is 25.2 Å². The Morgan fingerprint density at radius 1 is 1.35 bits per heavy atom. The number of furan rings is 1. The molecule has 2 nitrogen and oxygen atoms in total. The van der Waals surface area contributed by atoms with E-state index in [-0.39, 0.29) is 0 Å². The Balaban J connectivity index is 1.57. The second kappa shape index (κ2) is 5.74. The van der Waals surface area contributed by atoms with Crippen LogP contribution in [-0.4, -0.2) is 0 Å². The summed E-state index contributed by atoms with van der Waals surface area (Å²) >= 11 is 3.51. The van der Waals surface area contributed by atoms with E-state index in [0.717, 1.165) is 28.5 Å². The van der Waals surface area contributed by atoms with Crippen LogP contribution in [0.4, 0.5) is 0 Å². The van der Waals surface area contributed by atoms with Gasteiger partial charge in [-0.2, -0.15) is 0 Å². The minimum absolute atomic E-state index is 0.306. The van der Waals surface area contributed by atoms with Crippen LogP contribution >= 0.6 is 15.9 Å². The fourth-order valence-corrected chi connectivity index (χ4v) is 2.97. The number of halogens is 1. The van der Waals surface area contributed by atoms with Crippen molar-refractivity contribution in [3.05, 3.63) is 58.0 Å². The van der Waals surface area contributed by atoms with Crippen molar-refractivity contribution in [3.8, 4) is 0 Å². The molecule has 2 aromatic rings. The van der Waals surface area contributed by atoms with Crippen molar-refractivity contribution in [2.75, 3.05) is 0 Å². The van der Waals surface area contributed by atoms with Gasteiger partial charge in [0.25, 0.3) is 0 Å². The van der Waals surface area contributed by atoms with Crippen LogP contribution in [0.1, 0.15) is 49.3 Å². The highest BCUT2D eigenvalue weighted by molar-refractivity contribution is 9.10. The molecule has 3 unspecified atom stereocenters. The maximum atomic E-state index is 5.92. The highest BCUT2D eigenvalue weighted by atomic mass is 79.9. The Kier molecular flexibility index (Phi) is 3.99. The van der Waals surface area contributed by atoms with E-state index in [4.69, 9.17) is 4.42 Å². The van der Waals surface area contributed by atoms with Crippen molar-refractivity contribution >= 4 is 15.9 Å². The van der Waals surface area contributed by atoms with Gasteiger partial charge in [-0.3, -0.25) is 0 Å². The third-order valence-electron chi connectivity index (χ3n) is 4.09. The van der Waals surface area contributed by atoms with E-state index in [2.05, 4.69) is 65.4 Å². The molecule has 106 valence electrons. The predicted molar refractivity (Wildman–Crippen MR) is 84.6 cm³/mol. The Morgan fingerprint density at radius 3 is 2.85 bits per heavy atom. The normalized spacial score (nSPS) is 22.8. The maximum absolute atomic E-state index is 5.92. The van der Waals surface area contributed by atoms with E-state index in [1.54, 1.807) is 0 Å². The molecule has 3 rings (SSSR count). The van der Waals surface area contributed by atoms with Gasteiger partial charge < -0.3 is 9.73 Å². The first kappa shape index (κ1) is 13.9. The van der Waals surface area contributed by atoms with Gasteiger partial charge in [0.2, 0.25) is 0 Å². The zero-order valence-electron chi connectivity index (χ0n) is 11.9. The number of rotatable bonds is 5. The molecule has 1 aromatic carbocycles. The van der Waals surface area contributed by atoms with E-state index in [1.807, 2.05) is 6.07 Å². The van der Waals surface area contributed by atoms with Crippen molar-refractivity contribution in [2.24, 2.45) is 5.92 Å². The van der Waals surface area contributed by atoms with Gasteiger partial charge in [0.1, 0.15) is 11.5 Å². The Labute approximate surface area is 128 Å². The SMILES string of the molecule is CC(NCc1ccc(C2CC2C)o1)c1cccc(Br)c1. The fraction of sp³-hybridized carbons (Fsp3) is 0.412. The molecule has 20 heavy (non-hydrogen) atoms. The molecule has 1 saturated carbocycles. The van der Waals surface area contributed by atoms with Crippen LogP contribution in [0.5, 0.6) is 0 Å². The Bertz CT molecular complexity index is 592. The summed E-state index contributed by atoms with van der Waals surface area (Å²) in [6.07, 6.45) is 1.27. The van der Waals surface area contributed by atoms with E-state index in [0.29, 0.717) is 12.0 Å². The summed E-state index contributed by atoms with van der Waals surface area (Å²) in [5, 5.41) is 3.51.